The van der Waals surface area contributed by atoms with E-state index in [0.717, 1.165) is 12.6 Å². The second-order valence-electron chi connectivity index (χ2n) is 3.35. The van der Waals surface area contributed by atoms with E-state index in [4.69, 9.17) is 11.6 Å². The standard InChI is InChI=1S/C12H11ClF3N/c1-17-7-3-2-4-9-5-6-10(11(13)8-9)12(14,15)16/h5-6,8,17H,3,7H2,1H3. The van der Waals surface area contributed by atoms with Gasteiger partial charge in [0.1, 0.15) is 0 Å². The van der Waals surface area contributed by atoms with E-state index in [1.54, 1.807) is 7.05 Å². The Labute approximate surface area is 103 Å². The number of nitrogens with one attached hydrogen (secondary N) is 1. The second-order valence-corrected chi connectivity index (χ2v) is 3.75. The molecule has 0 radical (unpaired) electrons. The van der Waals surface area contributed by atoms with Crippen LogP contribution in [0.15, 0.2) is 18.2 Å². The molecule has 1 aromatic carbocycles. The number of hydrogen-bond donors (Lipinski definition) is 1. The molecule has 0 saturated carbocycles. The van der Waals surface area contributed by atoms with E-state index >= 15 is 0 Å². The molecule has 1 rings (SSSR count). The first-order chi connectivity index (χ1) is 7.95. The minimum Gasteiger partial charge on any atom is -0.319 e. The van der Waals surface area contributed by atoms with Gasteiger partial charge in [0.15, 0.2) is 0 Å². The van der Waals surface area contributed by atoms with Crippen LogP contribution in [0, 0.1) is 11.8 Å². The lowest BCUT2D eigenvalue weighted by atomic mass is 10.1. The SMILES string of the molecule is CNCCC#Cc1ccc(C(F)(F)F)c(Cl)c1. The molecular formula is C12H11ClF3N. The highest BCUT2D eigenvalue weighted by Crippen LogP contribution is 2.34. The Kier molecular flexibility index (Phi) is 4.86. The van der Waals surface area contributed by atoms with Crippen molar-refractivity contribution < 1.29 is 13.2 Å². The molecule has 17 heavy (non-hydrogen) atoms. The van der Waals surface area contributed by atoms with Crippen LogP contribution in [0.3, 0.4) is 0 Å². The van der Waals surface area contributed by atoms with Crippen molar-refractivity contribution in [3.05, 3.63) is 34.3 Å². The Balaban J connectivity index is 2.85. The third-order valence-electron chi connectivity index (χ3n) is 2.01. The van der Waals surface area contributed by atoms with E-state index < -0.39 is 11.7 Å². The lowest BCUT2D eigenvalue weighted by Crippen LogP contribution is -2.06. The summed E-state index contributed by atoms with van der Waals surface area (Å²) in [6.45, 7) is 0.737. The van der Waals surface area contributed by atoms with Crippen molar-refractivity contribution >= 4 is 11.6 Å². The first kappa shape index (κ1) is 13.9. The number of hydrogen-bond acceptors (Lipinski definition) is 1. The van der Waals surface area contributed by atoms with Crippen LogP contribution < -0.4 is 5.32 Å². The van der Waals surface area contributed by atoms with Crippen molar-refractivity contribution in [1.29, 1.82) is 0 Å². The van der Waals surface area contributed by atoms with Crippen LogP contribution in [-0.2, 0) is 6.18 Å². The highest BCUT2D eigenvalue weighted by Gasteiger charge is 2.32. The minimum atomic E-state index is -4.42. The van der Waals surface area contributed by atoms with Crippen molar-refractivity contribution in [2.45, 2.75) is 12.6 Å². The molecule has 1 nitrogen and oxygen atoms in total. The zero-order valence-electron chi connectivity index (χ0n) is 9.16. The first-order valence-electron chi connectivity index (χ1n) is 4.95. The van der Waals surface area contributed by atoms with Crippen LogP contribution in [0.25, 0.3) is 0 Å². The van der Waals surface area contributed by atoms with Crippen LogP contribution in [0.4, 0.5) is 13.2 Å². The van der Waals surface area contributed by atoms with E-state index in [2.05, 4.69) is 17.2 Å². The van der Waals surface area contributed by atoms with Crippen LogP contribution in [0.1, 0.15) is 17.5 Å². The van der Waals surface area contributed by atoms with Crippen LogP contribution >= 0.6 is 11.6 Å². The lowest BCUT2D eigenvalue weighted by Gasteiger charge is -2.08. The molecular weight excluding hydrogens is 251 g/mol. The van der Waals surface area contributed by atoms with Gasteiger partial charge in [0.2, 0.25) is 0 Å². The fourth-order valence-electron chi connectivity index (χ4n) is 1.17. The van der Waals surface area contributed by atoms with E-state index in [1.807, 2.05) is 0 Å². The fourth-order valence-corrected chi connectivity index (χ4v) is 1.46. The average molecular weight is 262 g/mol. The molecule has 0 spiro atoms. The monoisotopic (exact) mass is 261 g/mol. The Morgan fingerprint density at radius 2 is 2.06 bits per heavy atom. The van der Waals surface area contributed by atoms with Crippen LogP contribution in [0.5, 0.6) is 0 Å². The summed E-state index contributed by atoms with van der Waals surface area (Å²) in [5, 5.41) is 2.60. The Hall–Kier alpha value is -1.18. The van der Waals surface area contributed by atoms with E-state index in [-0.39, 0.29) is 5.02 Å². The number of rotatable bonds is 2. The first-order valence-corrected chi connectivity index (χ1v) is 5.33. The summed E-state index contributed by atoms with van der Waals surface area (Å²) in [6, 6.07) is 3.50. The maximum absolute atomic E-state index is 12.4. The van der Waals surface area contributed by atoms with E-state index in [1.165, 1.54) is 12.1 Å². The lowest BCUT2D eigenvalue weighted by molar-refractivity contribution is -0.137. The normalized spacial score (nSPS) is 10.9. The summed E-state index contributed by atoms with van der Waals surface area (Å²) in [6.07, 6.45) is -3.79. The summed E-state index contributed by atoms with van der Waals surface area (Å²) < 4.78 is 37.2. The molecule has 0 aliphatic rings. The number of alkyl halides is 3. The van der Waals surface area contributed by atoms with Gasteiger partial charge >= 0.3 is 6.18 Å². The highest BCUT2D eigenvalue weighted by atomic mass is 35.5. The zero-order valence-corrected chi connectivity index (χ0v) is 9.91. The number of halogens is 4. The van der Waals surface area contributed by atoms with Crippen molar-refractivity contribution in [3.8, 4) is 11.8 Å². The van der Waals surface area contributed by atoms with Crippen molar-refractivity contribution in [2.24, 2.45) is 0 Å². The van der Waals surface area contributed by atoms with Gasteiger partial charge in [0.25, 0.3) is 0 Å². The Morgan fingerprint density at radius 3 is 2.59 bits per heavy atom. The van der Waals surface area contributed by atoms with Gasteiger partial charge in [-0.15, -0.1) is 0 Å². The van der Waals surface area contributed by atoms with Crippen LogP contribution in [0.2, 0.25) is 5.02 Å². The molecule has 1 aromatic rings. The molecule has 0 aliphatic carbocycles. The summed E-state index contributed by atoms with van der Waals surface area (Å²) in [4.78, 5) is 0. The van der Waals surface area contributed by atoms with Crippen molar-refractivity contribution in [2.75, 3.05) is 13.6 Å². The molecule has 0 bridgehead atoms. The van der Waals surface area contributed by atoms with E-state index in [0.29, 0.717) is 12.0 Å². The molecule has 0 aliphatic heterocycles. The third kappa shape index (κ3) is 4.29. The second kappa shape index (κ2) is 5.95. The summed E-state index contributed by atoms with van der Waals surface area (Å²) >= 11 is 5.55. The van der Waals surface area contributed by atoms with Crippen molar-refractivity contribution in [1.82, 2.24) is 5.32 Å². The van der Waals surface area contributed by atoms with Crippen LogP contribution in [-0.4, -0.2) is 13.6 Å². The molecule has 0 saturated heterocycles. The Bertz CT molecular complexity index is 443. The highest BCUT2D eigenvalue weighted by molar-refractivity contribution is 6.31. The summed E-state index contributed by atoms with van der Waals surface area (Å²) in [7, 11) is 1.80. The van der Waals surface area contributed by atoms with Gasteiger partial charge in [0.05, 0.1) is 10.6 Å². The largest absolute Gasteiger partial charge is 0.417 e. The third-order valence-corrected chi connectivity index (χ3v) is 2.32. The van der Waals surface area contributed by atoms with Gasteiger partial charge in [0, 0.05) is 18.5 Å². The van der Waals surface area contributed by atoms with E-state index in [9.17, 15) is 13.2 Å². The summed E-state index contributed by atoms with van der Waals surface area (Å²) in [5.74, 6) is 5.59. The number of benzene rings is 1. The zero-order chi connectivity index (χ0) is 12.9. The van der Waals surface area contributed by atoms with Crippen molar-refractivity contribution in [3.63, 3.8) is 0 Å². The Morgan fingerprint density at radius 1 is 1.35 bits per heavy atom. The molecule has 92 valence electrons. The predicted molar refractivity (Wildman–Crippen MR) is 61.9 cm³/mol. The van der Waals surface area contributed by atoms with Gasteiger partial charge < -0.3 is 5.32 Å². The molecule has 0 fully saturated rings. The fraction of sp³-hybridized carbons (Fsp3) is 0.333. The molecule has 0 atom stereocenters. The molecule has 1 N–H and O–H groups in total. The summed E-state index contributed by atoms with van der Waals surface area (Å²) in [5.41, 5.74) is -0.348. The van der Waals surface area contributed by atoms with Gasteiger partial charge in [-0.2, -0.15) is 13.2 Å². The topological polar surface area (TPSA) is 12.0 Å². The molecule has 0 unspecified atom stereocenters. The minimum absolute atomic E-state index is 0.321. The van der Waals surface area contributed by atoms with Gasteiger partial charge in [-0.25, -0.2) is 0 Å². The molecule has 0 amide bonds. The molecule has 5 heteroatoms. The predicted octanol–water partition coefficient (Wildman–Crippen LogP) is 3.32. The maximum Gasteiger partial charge on any atom is 0.417 e. The average Bonchev–Trinajstić information content (AvgIpc) is 2.23. The molecule has 0 heterocycles. The smallest absolute Gasteiger partial charge is 0.319 e. The van der Waals surface area contributed by atoms with Gasteiger partial charge in [-0.1, -0.05) is 23.4 Å². The molecule has 0 aromatic heterocycles. The van der Waals surface area contributed by atoms with Gasteiger partial charge in [-0.3, -0.25) is 0 Å². The quantitative estimate of drug-likeness (QED) is 0.636. The van der Waals surface area contributed by atoms with Gasteiger partial charge in [-0.05, 0) is 25.2 Å². The maximum atomic E-state index is 12.4.